The van der Waals surface area contributed by atoms with Crippen LogP contribution in [0.2, 0.25) is 0 Å². The second kappa shape index (κ2) is 4.49. The molecule has 4 nitrogen and oxygen atoms in total. The molecule has 1 aliphatic rings. The Morgan fingerprint density at radius 3 is 2.60 bits per heavy atom. The van der Waals surface area contributed by atoms with Gasteiger partial charge in [-0.1, -0.05) is 0 Å². The lowest BCUT2D eigenvalue weighted by molar-refractivity contribution is -0.150. The third kappa shape index (κ3) is 2.69. The van der Waals surface area contributed by atoms with Crippen molar-refractivity contribution < 1.29 is 9.90 Å². The van der Waals surface area contributed by atoms with Crippen LogP contribution in [0.4, 0.5) is 0 Å². The molecule has 1 rings (SSSR count). The fraction of sp³-hybridized carbons (Fsp3) is 0.909. The molecular weight excluding hydrogens is 192 g/mol. The lowest BCUT2D eigenvalue weighted by atomic mass is 10.0. The zero-order chi connectivity index (χ0) is 11.6. The van der Waals surface area contributed by atoms with Crippen molar-refractivity contribution in [2.75, 3.05) is 27.2 Å². The molecule has 1 heterocycles. The smallest absolute Gasteiger partial charge is 0.323 e. The Labute approximate surface area is 91.9 Å². The molecule has 0 aromatic carbocycles. The summed E-state index contributed by atoms with van der Waals surface area (Å²) in [7, 11) is 4.06. The van der Waals surface area contributed by atoms with Crippen molar-refractivity contribution in [2.45, 2.75) is 38.3 Å². The van der Waals surface area contributed by atoms with E-state index in [0.29, 0.717) is 6.04 Å². The lowest BCUT2D eigenvalue weighted by Crippen LogP contribution is -2.54. The Kier molecular flexibility index (Phi) is 3.73. The average Bonchev–Trinajstić information content (AvgIpc) is 2.51. The van der Waals surface area contributed by atoms with Crippen LogP contribution in [-0.4, -0.2) is 59.6 Å². The fourth-order valence-corrected chi connectivity index (χ4v) is 2.31. The average molecular weight is 214 g/mol. The first-order valence-corrected chi connectivity index (χ1v) is 5.50. The van der Waals surface area contributed by atoms with Crippen molar-refractivity contribution in [1.82, 2.24) is 9.80 Å². The quantitative estimate of drug-likeness (QED) is 0.754. The maximum atomic E-state index is 11.2. The third-order valence-electron chi connectivity index (χ3n) is 3.19. The number of rotatable bonds is 4. The number of aliphatic carboxylic acids is 1. The predicted octanol–water partition coefficient (Wildman–Crippen LogP) is 0.876. The molecule has 0 radical (unpaired) electrons. The zero-order valence-corrected chi connectivity index (χ0v) is 10.2. The van der Waals surface area contributed by atoms with Crippen molar-refractivity contribution in [3.63, 3.8) is 0 Å². The molecule has 1 N–H and O–H groups in total. The van der Waals surface area contributed by atoms with Crippen LogP contribution >= 0.6 is 0 Å². The van der Waals surface area contributed by atoms with Crippen LogP contribution < -0.4 is 0 Å². The minimum atomic E-state index is -0.739. The van der Waals surface area contributed by atoms with E-state index in [0.717, 1.165) is 25.9 Å². The van der Waals surface area contributed by atoms with Gasteiger partial charge in [0.05, 0.1) is 0 Å². The summed E-state index contributed by atoms with van der Waals surface area (Å²) in [4.78, 5) is 15.4. The summed E-state index contributed by atoms with van der Waals surface area (Å²) in [6, 6.07) is 0.381. The van der Waals surface area contributed by atoms with Gasteiger partial charge in [0.1, 0.15) is 5.54 Å². The number of likely N-dealkylation sites (N-methyl/N-ethyl adjacent to an activating group) is 1. The van der Waals surface area contributed by atoms with E-state index >= 15 is 0 Å². The van der Waals surface area contributed by atoms with E-state index in [1.54, 1.807) is 13.8 Å². The molecule has 0 bridgehead atoms. The summed E-state index contributed by atoms with van der Waals surface area (Å²) in [6.45, 7) is 5.43. The maximum Gasteiger partial charge on any atom is 0.323 e. The molecular formula is C11H22N2O2. The maximum absolute atomic E-state index is 11.2. The van der Waals surface area contributed by atoms with E-state index in [4.69, 9.17) is 0 Å². The fourth-order valence-electron chi connectivity index (χ4n) is 2.31. The number of carbonyl (C=O) groups is 1. The van der Waals surface area contributed by atoms with Crippen molar-refractivity contribution in [1.29, 1.82) is 0 Å². The van der Waals surface area contributed by atoms with E-state index in [9.17, 15) is 9.90 Å². The lowest BCUT2D eigenvalue weighted by Gasteiger charge is -2.37. The first-order valence-electron chi connectivity index (χ1n) is 5.50. The van der Waals surface area contributed by atoms with Gasteiger partial charge in [0.25, 0.3) is 0 Å². The molecule has 1 fully saturated rings. The van der Waals surface area contributed by atoms with Crippen LogP contribution in [-0.2, 0) is 4.79 Å². The van der Waals surface area contributed by atoms with Gasteiger partial charge >= 0.3 is 5.97 Å². The van der Waals surface area contributed by atoms with Gasteiger partial charge in [-0.3, -0.25) is 9.69 Å². The number of nitrogens with zero attached hydrogens (tertiary/aromatic N) is 2. The highest BCUT2D eigenvalue weighted by Crippen LogP contribution is 2.27. The van der Waals surface area contributed by atoms with Gasteiger partial charge in [0.15, 0.2) is 0 Å². The van der Waals surface area contributed by atoms with Gasteiger partial charge < -0.3 is 10.0 Å². The highest BCUT2D eigenvalue weighted by Gasteiger charge is 2.41. The highest BCUT2D eigenvalue weighted by atomic mass is 16.4. The van der Waals surface area contributed by atoms with Crippen molar-refractivity contribution >= 4 is 5.97 Å². The second-order valence-electron chi connectivity index (χ2n) is 5.12. The molecule has 88 valence electrons. The molecule has 0 aliphatic carbocycles. The number of hydrogen-bond acceptors (Lipinski definition) is 3. The first-order chi connectivity index (χ1) is 6.85. The standard InChI is InChI=1S/C11H22N2O2/c1-11(2,10(14)15)13-7-5-6-9(13)8-12(3)4/h9H,5-8H2,1-4H3,(H,14,15). The SMILES string of the molecule is CN(C)CC1CCCN1C(C)(C)C(=O)O. The summed E-state index contributed by atoms with van der Waals surface area (Å²) in [6.07, 6.45) is 2.21. The molecule has 0 saturated carbocycles. The van der Waals surface area contributed by atoms with Crippen LogP contribution in [0.1, 0.15) is 26.7 Å². The molecule has 15 heavy (non-hydrogen) atoms. The Morgan fingerprint density at radius 1 is 1.53 bits per heavy atom. The van der Waals surface area contributed by atoms with E-state index in [2.05, 4.69) is 9.80 Å². The van der Waals surface area contributed by atoms with Crippen LogP contribution in [0, 0.1) is 0 Å². The molecule has 0 spiro atoms. The monoisotopic (exact) mass is 214 g/mol. The van der Waals surface area contributed by atoms with E-state index in [1.807, 2.05) is 14.1 Å². The van der Waals surface area contributed by atoms with Gasteiger partial charge in [0.2, 0.25) is 0 Å². The van der Waals surface area contributed by atoms with Gasteiger partial charge in [-0.25, -0.2) is 0 Å². The zero-order valence-electron chi connectivity index (χ0n) is 10.2. The molecule has 1 unspecified atom stereocenters. The summed E-state index contributed by atoms with van der Waals surface area (Å²) < 4.78 is 0. The first kappa shape index (κ1) is 12.5. The van der Waals surface area contributed by atoms with E-state index < -0.39 is 11.5 Å². The molecule has 0 aromatic heterocycles. The predicted molar refractivity (Wildman–Crippen MR) is 60.0 cm³/mol. The Morgan fingerprint density at radius 2 is 2.13 bits per heavy atom. The topological polar surface area (TPSA) is 43.8 Å². The normalized spacial score (nSPS) is 23.7. The number of hydrogen-bond donors (Lipinski definition) is 1. The van der Waals surface area contributed by atoms with Crippen LogP contribution in [0.25, 0.3) is 0 Å². The second-order valence-corrected chi connectivity index (χ2v) is 5.12. The van der Waals surface area contributed by atoms with Gasteiger partial charge in [-0.05, 0) is 47.3 Å². The molecule has 4 heteroatoms. The Bertz CT molecular complexity index is 239. The van der Waals surface area contributed by atoms with Gasteiger partial charge in [-0.15, -0.1) is 0 Å². The van der Waals surface area contributed by atoms with E-state index in [-0.39, 0.29) is 0 Å². The number of carboxylic acid groups (broad SMARTS) is 1. The minimum Gasteiger partial charge on any atom is -0.480 e. The summed E-state index contributed by atoms with van der Waals surface area (Å²) in [5.74, 6) is -0.729. The Balaban J connectivity index is 2.71. The number of likely N-dealkylation sites (tertiary alicyclic amines) is 1. The highest BCUT2D eigenvalue weighted by molar-refractivity contribution is 5.77. The molecule has 1 atom stereocenters. The number of carboxylic acids is 1. The molecule has 1 saturated heterocycles. The van der Waals surface area contributed by atoms with Crippen molar-refractivity contribution in [3.8, 4) is 0 Å². The van der Waals surface area contributed by atoms with Crippen molar-refractivity contribution in [2.24, 2.45) is 0 Å². The summed E-state index contributed by atoms with van der Waals surface area (Å²) in [5, 5.41) is 9.20. The molecule has 1 aliphatic heterocycles. The van der Waals surface area contributed by atoms with E-state index in [1.165, 1.54) is 0 Å². The summed E-state index contributed by atoms with van der Waals surface area (Å²) in [5.41, 5.74) is -0.739. The third-order valence-corrected chi connectivity index (χ3v) is 3.19. The van der Waals surface area contributed by atoms with Crippen LogP contribution in [0.5, 0.6) is 0 Å². The van der Waals surface area contributed by atoms with Crippen LogP contribution in [0.15, 0.2) is 0 Å². The van der Waals surface area contributed by atoms with Gasteiger partial charge in [-0.2, -0.15) is 0 Å². The van der Waals surface area contributed by atoms with Crippen molar-refractivity contribution in [3.05, 3.63) is 0 Å². The van der Waals surface area contributed by atoms with Crippen LogP contribution in [0.3, 0.4) is 0 Å². The Hall–Kier alpha value is -0.610. The summed E-state index contributed by atoms with van der Waals surface area (Å²) >= 11 is 0. The largest absolute Gasteiger partial charge is 0.480 e. The molecule has 0 aromatic rings. The molecule has 0 amide bonds. The van der Waals surface area contributed by atoms with Gasteiger partial charge in [0, 0.05) is 12.6 Å². The minimum absolute atomic E-state index is 0.381.